The summed E-state index contributed by atoms with van der Waals surface area (Å²) in [5.41, 5.74) is 2.50. The van der Waals surface area contributed by atoms with E-state index in [1.165, 1.54) is 12.1 Å². The maximum absolute atomic E-state index is 13.3. The summed E-state index contributed by atoms with van der Waals surface area (Å²) in [6.07, 6.45) is 1.43. The number of carbonyl (C=O) groups excluding carboxylic acids is 1. The summed E-state index contributed by atoms with van der Waals surface area (Å²) in [5, 5.41) is 4.31. The summed E-state index contributed by atoms with van der Waals surface area (Å²) in [6.45, 7) is 5.37. The van der Waals surface area contributed by atoms with E-state index in [1.807, 2.05) is 24.8 Å². The molecule has 3 rings (SSSR count). The quantitative estimate of drug-likeness (QED) is 0.863. The fourth-order valence-electron chi connectivity index (χ4n) is 3.35. The fraction of sp³-hybridized carbons (Fsp3) is 0.444. The standard InChI is InChI=1S/C18H21F2N3O/c1-12-5-13(2)23(21-12)11-18(24)22-4-3-14(10-22)6-15-7-16(19)9-17(20)8-15/h5,7-9,14H,3-4,6,10-11H2,1-2H3. The molecule has 0 N–H and O–H groups in total. The summed E-state index contributed by atoms with van der Waals surface area (Å²) in [4.78, 5) is 14.2. The third-order valence-corrected chi connectivity index (χ3v) is 4.47. The molecule has 1 atom stereocenters. The van der Waals surface area contributed by atoms with E-state index in [0.29, 0.717) is 25.1 Å². The molecule has 6 heteroatoms. The van der Waals surface area contributed by atoms with Gasteiger partial charge in [0, 0.05) is 24.8 Å². The van der Waals surface area contributed by atoms with E-state index in [4.69, 9.17) is 0 Å². The summed E-state index contributed by atoms with van der Waals surface area (Å²) in [7, 11) is 0. The molecule has 1 unspecified atom stereocenters. The molecule has 0 radical (unpaired) electrons. The molecule has 1 aromatic heterocycles. The Morgan fingerprint density at radius 3 is 2.54 bits per heavy atom. The van der Waals surface area contributed by atoms with E-state index in [0.717, 1.165) is 23.9 Å². The SMILES string of the molecule is Cc1cc(C)n(CC(=O)N2CCC(Cc3cc(F)cc(F)c3)C2)n1. The zero-order valence-corrected chi connectivity index (χ0v) is 13.9. The Bertz CT molecular complexity index is 736. The van der Waals surface area contributed by atoms with Gasteiger partial charge in [0.2, 0.25) is 5.91 Å². The molecule has 0 aliphatic carbocycles. The molecule has 1 saturated heterocycles. The van der Waals surface area contributed by atoms with Crippen LogP contribution in [0.2, 0.25) is 0 Å². The minimum atomic E-state index is -0.555. The molecule has 1 fully saturated rings. The second-order valence-electron chi connectivity index (χ2n) is 6.56. The molecule has 24 heavy (non-hydrogen) atoms. The van der Waals surface area contributed by atoms with Gasteiger partial charge in [-0.2, -0.15) is 5.10 Å². The molecule has 1 aromatic carbocycles. The van der Waals surface area contributed by atoms with Crippen LogP contribution in [0.15, 0.2) is 24.3 Å². The summed E-state index contributed by atoms with van der Waals surface area (Å²) < 4.78 is 28.3. The first-order valence-corrected chi connectivity index (χ1v) is 8.14. The Labute approximate surface area is 140 Å². The van der Waals surface area contributed by atoms with Crippen molar-refractivity contribution in [2.75, 3.05) is 13.1 Å². The van der Waals surface area contributed by atoms with Crippen LogP contribution in [-0.2, 0) is 17.8 Å². The number of carbonyl (C=O) groups is 1. The van der Waals surface area contributed by atoms with Gasteiger partial charge in [0.15, 0.2) is 0 Å². The minimum absolute atomic E-state index is 0.0362. The zero-order valence-electron chi connectivity index (χ0n) is 13.9. The maximum Gasteiger partial charge on any atom is 0.244 e. The van der Waals surface area contributed by atoms with Gasteiger partial charge in [-0.15, -0.1) is 0 Å². The predicted octanol–water partition coefficient (Wildman–Crippen LogP) is 2.87. The van der Waals surface area contributed by atoms with Crippen molar-refractivity contribution < 1.29 is 13.6 Å². The van der Waals surface area contributed by atoms with Gasteiger partial charge in [-0.3, -0.25) is 9.48 Å². The lowest BCUT2D eigenvalue weighted by molar-refractivity contribution is -0.131. The lowest BCUT2D eigenvalue weighted by Gasteiger charge is -2.17. The minimum Gasteiger partial charge on any atom is -0.341 e. The number of nitrogens with zero attached hydrogens (tertiary/aromatic N) is 3. The molecular weight excluding hydrogens is 312 g/mol. The summed E-state index contributed by atoms with van der Waals surface area (Å²) in [5.74, 6) is -0.842. The van der Waals surface area contributed by atoms with Crippen LogP contribution in [0.4, 0.5) is 8.78 Å². The number of likely N-dealkylation sites (tertiary alicyclic amines) is 1. The molecule has 1 aliphatic heterocycles. The number of aromatic nitrogens is 2. The number of halogens is 2. The first kappa shape index (κ1) is 16.6. The highest BCUT2D eigenvalue weighted by Crippen LogP contribution is 2.22. The van der Waals surface area contributed by atoms with Crippen molar-refractivity contribution in [1.29, 1.82) is 0 Å². The number of hydrogen-bond acceptors (Lipinski definition) is 2. The largest absolute Gasteiger partial charge is 0.341 e. The normalized spacial score (nSPS) is 17.5. The molecule has 1 amide bonds. The van der Waals surface area contributed by atoms with Gasteiger partial charge in [0.05, 0.1) is 5.69 Å². The zero-order chi connectivity index (χ0) is 17.3. The fourth-order valence-corrected chi connectivity index (χ4v) is 3.35. The highest BCUT2D eigenvalue weighted by molar-refractivity contribution is 5.76. The van der Waals surface area contributed by atoms with Gasteiger partial charge in [-0.1, -0.05) is 0 Å². The average Bonchev–Trinajstić information content (AvgIpc) is 3.05. The molecule has 2 aromatic rings. The van der Waals surface area contributed by atoms with Crippen LogP contribution in [0, 0.1) is 31.4 Å². The highest BCUT2D eigenvalue weighted by Gasteiger charge is 2.27. The second-order valence-corrected chi connectivity index (χ2v) is 6.56. The topological polar surface area (TPSA) is 38.1 Å². The van der Waals surface area contributed by atoms with E-state index >= 15 is 0 Å². The van der Waals surface area contributed by atoms with Crippen LogP contribution in [-0.4, -0.2) is 33.7 Å². The lowest BCUT2D eigenvalue weighted by Crippen LogP contribution is -2.32. The van der Waals surface area contributed by atoms with Gasteiger partial charge >= 0.3 is 0 Å². The third-order valence-electron chi connectivity index (χ3n) is 4.47. The predicted molar refractivity (Wildman–Crippen MR) is 86.5 cm³/mol. The summed E-state index contributed by atoms with van der Waals surface area (Å²) >= 11 is 0. The van der Waals surface area contributed by atoms with Gasteiger partial charge in [-0.25, -0.2) is 8.78 Å². The van der Waals surface area contributed by atoms with Crippen LogP contribution in [0.1, 0.15) is 23.4 Å². The molecular formula is C18H21F2N3O. The second kappa shape index (κ2) is 6.71. The van der Waals surface area contributed by atoms with Crippen molar-refractivity contribution in [1.82, 2.24) is 14.7 Å². The Hall–Kier alpha value is -2.24. The van der Waals surface area contributed by atoms with Gasteiger partial charge in [0.25, 0.3) is 0 Å². The van der Waals surface area contributed by atoms with E-state index in [2.05, 4.69) is 5.10 Å². The summed E-state index contributed by atoms with van der Waals surface area (Å²) in [6, 6.07) is 5.55. The van der Waals surface area contributed by atoms with Gasteiger partial charge in [-0.05, 0) is 56.4 Å². The maximum atomic E-state index is 13.3. The third kappa shape index (κ3) is 3.80. The van der Waals surface area contributed by atoms with E-state index < -0.39 is 11.6 Å². The average molecular weight is 333 g/mol. The van der Waals surface area contributed by atoms with Crippen molar-refractivity contribution in [3.05, 3.63) is 52.9 Å². The molecule has 2 heterocycles. The Morgan fingerprint density at radius 1 is 1.21 bits per heavy atom. The van der Waals surface area contributed by atoms with Gasteiger partial charge < -0.3 is 4.90 Å². The van der Waals surface area contributed by atoms with Crippen LogP contribution in [0.3, 0.4) is 0 Å². The molecule has 1 aliphatic rings. The van der Waals surface area contributed by atoms with Gasteiger partial charge in [0.1, 0.15) is 18.2 Å². The van der Waals surface area contributed by atoms with Crippen LogP contribution < -0.4 is 0 Å². The van der Waals surface area contributed by atoms with E-state index in [-0.39, 0.29) is 18.4 Å². The first-order valence-electron chi connectivity index (χ1n) is 8.14. The lowest BCUT2D eigenvalue weighted by atomic mass is 9.98. The Kier molecular flexibility index (Phi) is 4.64. The first-order chi connectivity index (χ1) is 11.4. The Morgan fingerprint density at radius 2 is 1.92 bits per heavy atom. The van der Waals surface area contributed by atoms with E-state index in [1.54, 1.807) is 4.68 Å². The number of hydrogen-bond donors (Lipinski definition) is 0. The van der Waals surface area contributed by atoms with Crippen molar-refractivity contribution >= 4 is 5.91 Å². The highest BCUT2D eigenvalue weighted by atomic mass is 19.1. The number of aryl methyl sites for hydroxylation is 2. The molecule has 4 nitrogen and oxygen atoms in total. The van der Waals surface area contributed by atoms with Crippen molar-refractivity contribution in [2.45, 2.75) is 33.2 Å². The number of rotatable bonds is 4. The number of amides is 1. The molecule has 0 spiro atoms. The van der Waals surface area contributed by atoms with Crippen molar-refractivity contribution in [3.8, 4) is 0 Å². The molecule has 0 bridgehead atoms. The molecule has 0 saturated carbocycles. The monoisotopic (exact) mass is 333 g/mol. The van der Waals surface area contributed by atoms with Crippen LogP contribution >= 0.6 is 0 Å². The van der Waals surface area contributed by atoms with Crippen molar-refractivity contribution in [3.63, 3.8) is 0 Å². The molecule has 128 valence electrons. The van der Waals surface area contributed by atoms with Crippen LogP contribution in [0.25, 0.3) is 0 Å². The number of benzene rings is 1. The van der Waals surface area contributed by atoms with E-state index in [9.17, 15) is 13.6 Å². The van der Waals surface area contributed by atoms with Crippen molar-refractivity contribution in [2.24, 2.45) is 5.92 Å². The smallest absolute Gasteiger partial charge is 0.244 e. The van der Waals surface area contributed by atoms with Crippen LogP contribution in [0.5, 0.6) is 0 Å². The Balaban J connectivity index is 1.58.